The number of fused-ring (bicyclic) bond motifs is 1. The highest BCUT2D eigenvalue weighted by Gasteiger charge is 2.45. The molecule has 0 spiro atoms. The van der Waals surface area contributed by atoms with E-state index in [9.17, 15) is 24.0 Å². The predicted molar refractivity (Wildman–Crippen MR) is 127 cm³/mol. The molecule has 0 fully saturated rings. The Kier molecular flexibility index (Phi) is 7.72. The first kappa shape index (κ1) is 25.8. The summed E-state index contributed by atoms with van der Waals surface area (Å²) in [6, 6.07) is 4.82. The number of amides is 4. The standard InChI is InChI=1S/C21H15Cl4N3O6/c1-8(28-19(31)13-14(20(28)32)16(23)18(25)17(24)15(13)22)21(33)34-7-12(30)27-11-5-3-10(4-6-11)26-9(2)29/h3-6,8H,7H2,1-2H3,(H,26,29)(H,27,30)/t8-/m1/s1. The third kappa shape index (κ3) is 4.97. The van der Waals surface area contributed by atoms with Gasteiger partial charge in [0.15, 0.2) is 6.61 Å². The molecule has 0 unspecified atom stereocenters. The second kappa shape index (κ2) is 10.2. The van der Waals surface area contributed by atoms with Crippen molar-refractivity contribution >= 4 is 87.4 Å². The Morgan fingerprint density at radius 1 is 0.853 bits per heavy atom. The number of hydrogen-bond donors (Lipinski definition) is 2. The van der Waals surface area contributed by atoms with Gasteiger partial charge in [-0.15, -0.1) is 0 Å². The van der Waals surface area contributed by atoms with Gasteiger partial charge in [0.2, 0.25) is 5.91 Å². The molecule has 1 atom stereocenters. The molecule has 1 aliphatic rings. The van der Waals surface area contributed by atoms with Gasteiger partial charge in [-0.1, -0.05) is 46.4 Å². The van der Waals surface area contributed by atoms with Crippen LogP contribution in [0.5, 0.6) is 0 Å². The molecule has 2 N–H and O–H groups in total. The van der Waals surface area contributed by atoms with Crippen molar-refractivity contribution in [2.45, 2.75) is 19.9 Å². The summed E-state index contributed by atoms with van der Waals surface area (Å²) < 4.78 is 4.96. The van der Waals surface area contributed by atoms with Gasteiger partial charge in [0.05, 0.1) is 31.2 Å². The van der Waals surface area contributed by atoms with Crippen LogP contribution in [0.3, 0.4) is 0 Å². The van der Waals surface area contributed by atoms with Gasteiger partial charge in [0.25, 0.3) is 17.7 Å². The third-order valence-electron chi connectivity index (χ3n) is 4.70. The van der Waals surface area contributed by atoms with Crippen molar-refractivity contribution in [2.24, 2.45) is 0 Å². The van der Waals surface area contributed by atoms with Gasteiger partial charge in [-0.25, -0.2) is 4.79 Å². The van der Waals surface area contributed by atoms with E-state index in [4.69, 9.17) is 51.1 Å². The molecule has 178 valence electrons. The summed E-state index contributed by atoms with van der Waals surface area (Å²) in [6.45, 7) is 1.92. The lowest BCUT2D eigenvalue weighted by Crippen LogP contribution is -2.44. The van der Waals surface area contributed by atoms with Crippen molar-refractivity contribution < 1.29 is 28.7 Å². The Labute approximate surface area is 213 Å². The normalized spacial score (nSPS) is 13.4. The Balaban J connectivity index is 1.64. The fourth-order valence-electron chi connectivity index (χ4n) is 3.12. The Hall–Kier alpha value is -2.85. The molecule has 1 heterocycles. The fraction of sp³-hybridized carbons (Fsp3) is 0.190. The van der Waals surface area contributed by atoms with Gasteiger partial charge in [-0.05, 0) is 31.2 Å². The highest BCUT2D eigenvalue weighted by molar-refractivity contribution is 6.55. The smallest absolute Gasteiger partial charge is 0.329 e. The van der Waals surface area contributed by atoms with Crippen LogP contribution in [0.1, 0.15) is 34.6 Å². The van der Waals surface area contributed by atoms with Gasteiger partial charge < -0.3 is 15.4 Å². The molecule has 13 heteroatoms. The van der Waals surface area contributed by atoms with Crippen LogP contribution in [0.15, 0.2) is 24.3 Å². The van der Waals surface area contributed by atoms with Crippen LogP contribution >= 0.6 is 46.4 Å². The summed E-state index contributed by atoms with van der Waals surface area (Å²) in [7, 11) is 0. The molecule has 0 saturated heterocycles. The monoisotopic (exact) mass is 545 g/mol. The molecule has 0 radical (unpaired) electrons. The molecular weight excluding hydrogens is 532 g/mol. The van der Waals surface area contributed by atoms with Gasteiger partial charge in [-0.3, -0.25) is 24.1 Å². The number of benzene rings is 2. The minimum absolute atomic E-state index is 0.202. The maximum absolute atomic E-state index is 12.8. The largest absolute Gasteiger partial charge is 0.454 e. The first-order valence-corrected chi connectivity index (χ1v) is 11.0. The highest BCUT2D eigenvalue weighted by atomic mass is 35.5. The number of rotatable bonds is 6. The minimum Gasteiger partial charge on any atom is -0.454 e. The molecule has 0 bridgehead atoms. The molecule has 34 heavy (non-hydrogen) atoms. The zero-order valence-corrected chi connectivity index (χ0v) is 20.5. The summed E-state index contributed by atoms with van der Waals surface area (Å²) in [6.07, 6.45) is 0. The van der Waals surface area contributed by atoms with Crippen molar-refractivity contribution in [3.8, 4) is 0 Å². The maximum atomic E-state index is 12.8. The van der Waals surface area contributed by atoms with Crippen LogP contribution in [0.2, 0.25) is 20.1 Å². The number of hydrogen-bond acceptors (Lipinski definition) is 6. The number of anilines is 2. The number of ether oxygens (including phenoxy) is 1. The number of imide groups is 1. The summed E-state index contributed by atoms with van der Waals surface area (Å²) in [5.74, 6) is -3.74. The number of halogens is 4. The molecule has 0 aliphatic carbocycles. The number of nitrogens with one attached hydrogen (secondary N) is 2. The van der Waals surface area contributed by atoms with E-state index >= 15 is 0 Å². The van der Waals surface area contributed by atoms with Crippen LogP contribution in [-0.2, 0) is 19.1 Å². The summed E-state index contributed by atoms with van der Waals surface area (Å²) in [4.78, 5) is 61.9. The number of carbonyl (C=O) groups excluding carboxylic acids is 5. The molecule has 1 aliphatic heterocycles. The van der Waals surface area contributed by atoms with E-state index in [1.165, 1.54) is 26.0 Å². The van der Waals surface area contributed by atoms with E-state index in [1.807, 2.05) is 0 Å². The number of nitrogens with zero attached hydrogens (tertiary/aromatic N) is 1. The van der Waals surface area contributed by atoms with Crippen LogP contribution in [0.25, 0.3) is 0 Å². The SMILES string of the molecule is CC(=O)Nc1ccc(NC(=O)COC(=O)[C@@H](C)N2C(=O)c3c(Cl)c(Cl)c(Cl)c(Cl)c3C2=O)cc1. The average molecular weight is 547 g/mol. The first-order chi connectivity index (χ1) is 15.9. The van der Waals surface area contributed by atoms with Crippen molar-refractivity contribution in [3.63, 3.8) is 0 Å². The van der Waals surface area contributed by atoms with Gasteiger partial charge in [0.1, 0.15) is 6.04 Å². The summed E-state index contributed by atoms with van der Waals surface area (Å²) >= 11 is 24.1. The van der Waals surface area contributed by atoms with Crippen molar-refractivity contribution in [2.75, 3.05) is 17.2 Å². The molecule has 2 aromatic carbocycles. The Bertz CT molecular complexity index is 1190. The van der Waals surface area contributed by atoms with Gasteiger partial charge in [-0.2, -0.15) is 0 Å². The second-order valence-corrected chi connectivity index (χ2v) is 8.59. The van der Waals surface area contributed by atoms with Crippen molar-refractivity contribution in [1.29, 1.82) is 0 Å². The van der Waals surface area contributed by atoms with Crippen molar-refractivity contribution in [1.82, 2.24) is 4.90 Å². The molecule has 2 aromatic rings. The van der Waals surface area contributed by atoms with Crippen molar-refractivity contribution in [3.05, 3.63) is 55.5 Å². The molecule has 0 saturated carbocycles. The number of carbonyl (C=O) groups is 5. The van der Waals surface area contributed by atoms with Gasteiger partial charge in [0, 0.05) is 18.3 Å². The average Bonchev–Trinajstić information content (AvgIpc) is 3.05. The quantitative estimate of drug-likeness (QED) is 0.239. The predicted octanol–water partition coefficient (Wildman–Crippen LogP) is 4.43. The van der Waals surface area contributed by atoms with Crippen LogP contribution in [-0.4, -0.2) is 47.1 Å². The highest BCUT2D eigenvalue weighted by Crippen LogP contribution is 2.45. The maximum Gasteiger partial charge on any atom is 0.329 e. The number of esters is 1. The van der Waals surface area contributed by atoms with E-state index in [2.05, 4.69) is 10.6 Å². The fourth-order valence-corrected chi connectivity index (χ4v) is 4.13. The van der Waals surface area contributed by atoms with Crippen LogP contribution in [0, 0.1) is 0 Å². The zero-order chi connectivity index (χ0) is 25.3. The van der Waals surface area contributed by atoms with E-state index < -0.39 is 36.3 Å². The topological polar surface area (TPSA) is 122 Å². The Morgan fingerprint density at radius 3 is 1.74 bits per heavy atom. The van der Waals surface area contributed by atoms with E-state index in [0.29, 0.717) is 16.3 Å². The third-order valence-corrected chi connectivity index (χ3v) is 6.50. The lowest BCUT2D eigenvalue weighted by atomic mass is 10.1. The Morgan fingerprint density at radius 2 is 1.29 bits per heavy atom. The van der Waals surface area contributed by atoms with E-state index in [0.717, 1.165) is 0 Å². The lowest BCUT2D eigenvalue weighted by Gasteiger charge is -2.20. The molecule has 9 nitrogen and oxygen atoms in total. The van der Waals surface area contributed by atoms with Crippen LogP contribution < -0.4 is 10.6 Å². The first-order valence-electron chi connectivity index (χ1n) is 9.52. The second-order valence-electron chi connectivity index (χ2n) is 7.08. The molecule has 3 rings (SSSR count). The zero-order valence-electron chi connectivity index (χ0n) is 17.5. The van der Waals surface area contributed by atoms with E-state index in [-0.39, 0.29) is 37.1 Å². The minimum atomic E-state index is -1.40. The van der Waals surface area contributed by atoms with Crippen LogP contribution in [0.4, 0.5) is 11.4 Å². The lowest BCUT2D eigenvalue weighted by molar-refractivity contribution is -0.150. The molecule has 4 amide bonds. The van der Waals surface area contributed by atoms with E-state index in [1.54, 1.807) is 12.1 Å². The summed E-state index contributed by atoms with van der Waals surface area (Å²) in [5.41, 5.74) is 0.383. The molecule has 0 aromatic heterocycles. The van der Waals surface area contributed by atoms with Gasteiger partial charge >= 0.3 is 5.97 Å². The molecular formula is C21H15Cl4N3O6. The summed E-state index contributed by atoms with van der Waals surface area (Å²) in [5, 5.41) is 4.15.